The molecule has 0 aliphatic carbocycles. The highest BCUT2D eigenvalue weighted by Gasteiger charge is 2.27. The maximum Gasteiger partial charge on any atom is 0.184 e. The van der Waals surface area contributed by atoms with Crippen molar-refractivity contribution in [1.82, 2.24) is 0 Å². The number of alkyl halides is 1. The second-order valence-corrected chi connectivity index (χ2v) is 4.35. The van der Waals surface area contributed by atoms with E-state index >= 15 is 0 Å². The summed E-state index contributed by atoms with van der Waals surface area (Å²) in [6.45, 7) is 1.34. The zero-order chi connectivity index (χ0) is 11.0. The lowest BCUT2D eigenvalue weighted by Crippen LogP contribution is -2.10. The lowest BCUT2D eigenvalue weighted by atomic mass is 10.1. The molecule has 2 atom stereocenters. The van der Waals surface area contributed by atoms with Gasteiger partial charge in [-0.3, -0.25) is 0 Å². The van der Waals surface area contributed by atoms with Gasteiger partial charge in [0.25, 0.3) is 0 Å². The predicted octanol–water partition coefficient (Wildman–Crippen LogP) is 2.27. The van der Waals surface area contributed by atoms with Gasteiger partial charge in [-0.1, -0.05) is 6.07 Å². The first kappa shape index (κ1) is 10.4. The van der Waals surface area contributed by atoms with E-state index in [1.165, 1.54) is 5.56 Å². The van der Waals surface area contributed by atoms with Gasteiger partial charge in [-0.05, 0) is 17.7 Å². The second-order valence-electron chi connectivity index (χ2n) is 4.04. The van der Waals surface area contributed by atoms with E-state index in [2.05, 4.69) is 6.07 Å². The van der Waals surface area contributed by atoms with Gasteiger partial charge in [0.2, 0.25) is 0 Å². The van der Waals surface area contributed by atoms with Gasteiger partial charge in [-0.2, -0.15) is 0 Å². The molecule has 0 aromatic heterocycles. The molecule has 0 N–H and O–H groups in total. The summed E-state index contributed by atoms with van der Waals surface area (Å²) in [7, 11) is 0. The maximum absolute atomic E-state index is 5.73. The molecular formula is C12H13ClO3. The fourth-order valence-corrected chi connectivity index (χ4v) is 2.22. The van der Waals surface area contributed by atoms with Crippen LogP contribution in [-0.2, 0) is 15.9 Å². The SMILES string of the molecule is ClCC1COC(c2ccc3c(c2)CCO3)O1. The number of benzene rings is 1. The summed E-state index contributed by atoms with van der Waals surface area (Å²) in [4.78, 5) is 0. The molecule has 3 nitrogen and oxygen atoms in total. The third-order valence-electron chi connectivity index (χ3n) is 2.91. The van der Waals surface area contributed by atoms with Gasteiger partial charge in [0, 0.05) is 12.0 Å². The highest BCUT2D eigenvalue weighted by molar-refractivity contribution is 6.18. The Bertz CT molecular complexity index is 394. The van der Waals surface area contributed by atoms with Gasteiger partial charge in [0.1, 0.15) is 5.75 Å². The van der Waals surface area contributed by atoms with E-state index in [0.717, 1.165) is 24.3 Å². The lowest BCUT2D eigenvalue weighted by molar-refractivity contribution is -0.0567. The molecular weight excluding hydrogens is 228 g/mol. The normalized spacial score (nSPS) is 27.8. The molecule has 0 spiro atoms. The molecule has 2 aliphatic heterocycles. The highest BCUT2D eigenvalue weighted by Crippen LogP contribution is 2.32. The molecule has 2 unspecified atom stereocenters. The first-order valence-corrected chi connectivity index (χ1v) is 5.99. The molecule has 0 radical (unpaired) electrons. The molecule has 3 rings (SSSR count). The minimum absolute atomic E-state index is 0.0103. The summed E-state index contributed by atoms with van der Waals surface area (Å²) in [6.07, 6.45) is 0.709. The van der Waals surface area contributed by atoms with Crippen LogP contribution in [0.3, 0.4) is 0 Å². The first-order chi connectivity index (χ1) is 7.86. The Morgan fingerprint density at radius 1 is 1.38 bits per heavy atom. The zero-order valence-electron chi connectivity index (χ0n) is 8.82. The van der Waals surface area contributed by atoms with Crippen molar-refractivity contribution in [3.05, 3.63) is 29.3 Å². The molecule has 2 heterocycles. The van der Waals surface area contributed by atoms with E-state index in [0.29, 0.717) is 12.5 Å². The van der Waals surface area contributed by atoms with Gasteiger partial charge >= 0.3 is 0 Å². The number of hydrogen-bond acceptors (Lipinski definition) is 3. The summed E-state index contributed by atoms with van der Waals surface area (Å²) >= 11 is 5.73. The van der Waals surface area contributed by atoms with Crippen molar-refractivity contribution < 1.29 is 14.2 Å². The molecule has 1 saturated heterocycles. The fourth-order valence-electron chi connectivity index (χ4n) is 2.06. The van der Waals surface area contributed by atoms with Crippen LogP contribution in [0.25, 0.3) is 0 Å². The van der Waals surface area contributed by atoms with E-state index in [9.17, 15) is 0 Å². The Kier molecular flexibility index (Phi) is 2.75. The summed E-state index contributed by atoms with van der Waals surface area (Å²) in [5.74, 6) is 1.46. The first-order valence-electron chi connectivity index (χ1n) is 5.45. The Hall–Kier alpha value is -0.770. The Morgan fingerprint density at radius 3 is 3.12 bits per heavy atom. The van der Waals surface area contributed by atoms with Crippen LogP contribution in [0.5, 0.6) is 5.75 Å². The van der Waals surface area contributed by atoms with Gasteiger partial charge in [0.05, 0.1) is 25.2 Å². The molecule has 1 aromatic carbocycles. The fraction of sp³-hybridized carbons (Fsp3) is 0.500. The van der Waals surface area contributed by atoms with Crippen molar-refractivity contribution in [2.75, 3.05) is 19.1 Å². The summed E-state index contributed by atoms with van der Waals surface area (Å²) < 4.78 is 16.7. The number of halogens is 1. The average molecular weight is 241 g/mol. The molecule has 16 heavy (non-hydrogen) atoms. The van der Waals surface area contributed by atoms with Crippen molar-refractivity contribution in [2.45, 2.75) is 18.8 Å². The monoisotopic (exact) mass is 240 g/mol. The van der Waals surface area contributed by atoms with Crippen LogP contribution in [0.4, 0.5) is 0 Å². The standard InChI is InChI=1S/C12H13ClO3/c13-6-10-7-15-12(16-10)9-1-2-11-8(5-9)3-4-14-11/h1-2,5,10,12H,3-4,6-7H2. The number of hydrogen-bond donors (Lipinski definition) is 0. The maximum atomic E-state index is 5.73. The van der Waals surface area contributed by atoms with Gasteiger partial charge in [0.15, 0.2) is 6.29 Å². The molecule has 86 valence electrons. The number of rotatable bonds is 2. The molecule has 1 aromatic rings. The van der Waals surface area contributed by atoms with Crippen LogP contribution in [-0.4, -0.2) is 25.2 Å². The Balaban J connectivity index is 1.80. The molecule has 1 fully saturated rings. The summed E-state index contributed by atoms with van der Waals surface area (Å²) in [6, 6.07) is 6.08. The molecule has 2 aliphatic rings. The van der Waals surface area contributed by atoms with Crippen molar-refractivity contribution in [3.63, 3.8) is 0 Å². The predicted molar refractivity (Wildman–Crippen MR) is 59.9 cm³/mol. The smallest absolute Gasteiger partial charge is 0.184 e. The summed E-state index contributed by atoms with van der Waals surface area (Å²) in [5, 5.41) is 0. The van der Waals surface area contributed by atoms with E-state index < -0.39 is 0 Å². The largest absolute Gasteiger partial charge is 0.493 e. The number of ether oxygens (including phenoxy) is 3. The molecule has 0 saturated carbocycles. The third kappa shape index (κ3) is 1.79. The molecule has 0 amide bonds. The summed E-state index contributed by atoms with van der Waals surface area (Å²) in [5.41, 5.74) is 2.29. The quantitative estimate of drug-likeness (QED) is 0.743. The Labute approximate surface area is 99.3 Å². The zero-order valence-corrected chi connectivity index (χ0v) is 9.57. The van der Waals surface area contributed by atoms with Gasteiger partial charge in [-0.25, -0.2) is 0 Å². The lowest BCUT2D eigenvalue weighted by Gasteiger charge is -2.11. The topological polar surface area (TPSA) is 27.7 Å². The van der Waals surface area contributed by atoms with E-state index in [1.807, 2.05) is 12.1 Å². The molecule has 0 bridgehead atoms. The minimum Gasteiger partial charge on any atom is -0.493 e. The average Bonchev–Trinajstić information content (AvgIpc) is 2.96. The van der Waals surface area contributed by atoms with Crippen molar-refractivity contribution in [3.8, 4) is 5.75 Å². The Morgan fingerprint density at radius 2 is 2.31 bits per heavy atom. The molecule has 4 heteroatoms. The number of fused-ring (bicyclic) bond motifs is 1. The third-order valence-corrected chi connectivity index (χ3v) is 3.25. The van der Waals surface area contributed by atoms with Crippen molar-refractivity contribution in [1.29, 1.82) is 0 Å². The van der Waals surface area contributed by atoms with Gasteiger partial charge in [-0.15, -0.1) is 11.6 Å². The van der Waals surface area contributed by atoms with Crippen molar-refractivity contribution in [2.24, 2.45) is 0 Å². The van der Waals surface area contributed by atoms with E-state index in [4.69, 9.17) is 25.8 Å². The minimum atomic E-state index is -0.269. The van der Waals surface area contributed by atoms with Crippen LogP contribution in [0, 0.1) is 0 Å². The van der Waals surface area contributed by atoms with Crippen LogP contribution >= 0.6 is 11.6 Å². The van der Waals surface area contributed by atoms with E-state index in [1.54, 1.807) is 0 Å². The van der Waals surface area contributed by atoms with Crippen molar-refractivity contribution >= 4 is 11.6 Å². The van der Waals surface area contributed by atoms with Crippen LogP contribution < -0.4 is 4.74 Å². The van der Waals surface area contributed by atoms with Gasteiger partial charge < -0.3 is 14.2 Å². The van der Waals surface area contributed by atoms with Crippen LogP contribution in [0.15, 0.2) is 18.2 Å². The van der Waals surface area contributed by atoms with Crippen LogP contribution in [0.2, 0.25) is 0 Å². The highest BCUT2D eigenvalue weighted by atomic mass is 35.5. The second kappa shape index (κ2) is 4.24. The van der Waals surface area contributed by atoms with E-state index in [-0.39, 0.29) is 12.4 Å². The van der Waals surface area contributed by atoms with Crippen LogP contribution in [0.1, 0.15) is 17.4 Å².